The Labute approximate surface area is 129 Å². The molecule has 3 rings (SSSR count). The Kier molecular flexibility index (Phi) is 3.86. The third-order valence-electron chi connectivity index (χ3n) is 3.52. The Hall–Kier alpha value is -2.70. The van der Waals surface area contributed by atoms with Gasteiger partial charge in [0.1, 0.15) is 6.33 Å². The van der Waals surface area contributed by atoms with Crippen molar-refractivity contribution in [3.8, 4) is 5.69 Å². The van der Waals surface area contributed by atoms with Crippen LogP contribution in [0.4, 0.5) is 5.69 Å². The van der Waals surface area contributed by atoms with Gasteiger partial charge in [-0.25, -0.2) is 4.68 Å². The quantitative estimate of drug-likeness (QED) is 0.783. The summed E-state index contributed by atoms with van der Waals surface area (Å²) in [4.78, 5) is 0. The van der Waals surface area contributed by atoms with Gasteiger partial charge < -0.3 is 5.32 Å². The van der Waals surface area contributed by atoms with E-state index in [0.717, 1.165) is 11.4 Å². The molecule has 1 N–H and O–H groups in total. The molecule has 0 aliphatic rings. The van der Waals surface area contributed by atoms with Gasteiger partial charge in [-0.3, -0.25) is 4.68 Å². The summed E-state index contributed by atoms with van der Waals surface area (Å²) >= 11 is 0. The maximum atomic E-state index is 4.34. The van der Waals surface area contributed by atoms with E-state index in [1.54, 1.807) is 11.0 Å². The molecule has 0 bridgehead atoms. The largest absolute Gasteiger partial charge is 0.376 e. The van der Waals surface area contributed by atoms with Gasteiger partial charge in [-0.15, -0.1) is 5.10 Å². The molecule has 22 heavy (non-hydrogen) atoms. The summed E-state index contributed by atoms with van der Waals surface area (Å²) < 4.78 is 3.57. The minimum Gasteiger partial charge on any atom is -0.376 e. The fourth-order valence-corrected chi connectivity index (χ4v) is 2.22. The Balaban J connectivity index is 1.70. The first kappa shape index (κ1) is 14.2. The third-order valence-corrected chi connectivity index (χ3v) is 3.52. The van der Waals surface area contributed by atoms with Gasteiger partial charge in [-0.2, -0.15) is 5.10 Å². The average Bonchev–Trinajstić information content (AvgIpc) is 3.19. The average molecular weight is 297 g/mol. The van der Waals surface area contributed by atoms with Gasteiger partial charge in [0.15, 0.2) is 0 Å². The molecule has 0 aliphatic carbocycles. The molecular weight excluding hydrogens is 278 g/mol. The van der Waals surface area contributed by atoms with E-state index in [1.165, 1.54) is 5.56 Å². The first-order valence-electron chi connectivity index (χ1n) is 7.27. The normalized spacial score (nSPS) is 12.5. The molecule has 0 saturated carbocycles. The van der Waals surface area contributed by atoms with Crippen LogP contribution in [0.3, 0.4) is 0 Å². The van der Waals surface area contributed by atoms with Crippen molar-refractivity contribution < 1.29 is 0 Å². The molecule has 2 aromatic heterocycles. The molecule has 0 aliphatic heterocycles. The third kappa shape index (κ3) is 2.98. The van der Waals surface area contributed by atoms with E-state index >= 15 is 0 Å². The van der Waals surface area contributed by atoms with Gasteiger partial charge >= 0.3 is 0 Å². The minimum atomic E-state index is 0.188. The van der Waals surface area contributed by atoms with Gasteiger partial charge in [0.05, 0.1) is 17.6 Å². The molecule has 0 unspecified atom stereocenters. The number of hydrogen-bond acceptors (Lipinski definition) is 5. The Bertz CT molecular complexity index is 713. The van der Waals surface area contributed by atoms with Crippen molar-refractivity contribution in [1.29, 1.82) is 0 Å². The number of tetrazole rings is 1. The predicted octanol–water partition coefficient (Wildman–Crippen LogP) is 2.61. The highest BCUT2D eigenvalue weighted by atomic mass is 15.5. The smallest absolute Gasteiger partial charge is 0.143 e. The van der Waals surface area contributed by atoms with Crippen LogP contribution in [-0.2, 0) is 0 Å². The van der Waals surface area contributed by atoms with Crippen molar-refractivity contribution in [2.24, 2.45) is 0 Å². The standard InChI is InChI=1S/C15H19N7/c1-11(2)21-9-14(8-17-21)18-12(3)13-4-6-15(7-5-13)22-10-16-19-20-22/h4-12,18H,1-3H3/t12-/m0/s1. The second-order valence-corrected chi connectivity index (χ2v) is 5.51. The molecule has 1 aromatic carbocycles. The SMILES string of the molecule is CC(C)n1cc(N[C@@H](C)c2ccc(-n3cnnn3)cc2)cn1. The van der Waals surface area contributed by atoms with E-state index in [-0.39, 0.29) is 6.04 Å². The molecule has 3 aromatic rings. The van der Waals surface area contributed by atoms with E-state index in [0.29, 0.717) is 6.04 Å². The number of anilines is 1. The topological polar surface area (TPSA) is 73.5 Å². The predicted molar refractivity (Wildman–Crippen MR) is 83.8 cm³/mol. The number of nitrogens with one attached hydrogen (secondary N) is 1. The molecule has 7 nitrogen and oxygen atoms in total. The summed E-state index contributed by atoms with van der Waals surface area (Å²) in [6.07, 6.45) is 5.46. The molecule has 0 fully saturated rings. The zero-order chi connectivity index (χ0) is 15.5. The molecule has 1 atom stereocenters. The van der Waals surface area contributed by atoms with Crippen LogP contribution in [0, 0.1) is 0 Å². The van der Waals surface area contributed by atoms with Crippen molar-refractivity contribution in [3.63, 3.8) is 0 Å². The van der Waals surface area contributed by atoms with E-state index < -0.39 is 0 Å². The van der Waals surface area contributed by atoms with Gasteiger partial charge in [0, 0.05) is 18.3 Å². The second-order valence-electron chi connectivity index (χ2n) is 5.51. The van der Waals surface area contributed by atoms with E-state index in [1.807, 2.05) is 29.2 Å². The van der Waals surface area contributed by atoms with Gasteiger partial charge in [0.2, 0.25) is 0 Å². The number of hydrogen-bond donors (Lipinski definition) is 1. The molecular formula is C15H19N7. The molecule has 7 heteroatoms. The summed E-state index contributed by atoms with van der Waals surface area (Å²) in [6.45, 7) is 6.34. The fourth-order valence-electron chi connectivity index (χ4n) is 2.22. The first-order chi connectivity index (χ1) is 10.6. The van der Waals surface area contributed by atoms with Crippen LogP contribution in [-0.4, -0.2) is 30.0 Å². The zero-order valence-electron chi connectivity index (χ0n) is 12.9. The fraction of sp³-hybridized carbons (Fsp3) is 0.333. The van der Waals surface area contributed by atoms with Gasteiger partial charge in [0.25, 0.3) is 0 Å². The lowest BCUT2D eigenvalue weighted by molar-refractivity contribution is 0.532. The van der Waals surface area contributed by atoms with Crippen molar-refractivity contribution >= 4 is 5.69 Å². The summed E-state index contributed by atoms with van der Waals surface area (Å²) in [5.74, 6) is 0. The van der Waals surface area contributed by atoms with Crippen molar-refractivity contribution in [3.05, 3.63) is 48.5 Å². The van der Waals surface area contributed by atoms with Gasteiger partial charge in [-0.1, -0.05) is 12.1 Å². The molecule has 114 valence electrons. The number of rotatable bonds is 5. The summed E-state index contributed by atoms with van der Waals surface area (Å²) in [6, 6.07) is 8.69. The highest BCUT2D eigenvalue weighted by Gasteiger charge is 2.08. The maximum Gasteiger partial charge on any atom is 0.143 e. The lowest BCUT2D eigenvalue weighted by Gasteiger charge is -2.14. The lowest BCUT2D eigenvalue weighted by Crippen LogP contribution is -2.06. The van der Waals surface area contributed by atoms with Crippen molar-refractivity contribution in [2.45, 2.75) is 32.9 Å². The van der Waals surface area contributed by atoms with E-state index in [9.17, 15) is 0 Å². The van der Waals surface area contributed by atoms with Crippen molar-refractivity contribution in [1.82, 2.24) is 30.0 Å². The molecule has 0 amide bonds. The van der Waals surface area contributed by atoms with E-state index in [4.69, 9.17) is 0 Å². The Morgan fingerprint density at radius 2 is 1.86 bits per heavy atom. The lowest BCUT2D eigenvalue weighted by atomic mass is 10.1. The van der Waals surface area contributed by atoms with Crippen molar-refractivity contribution in [2.75, 3.05) is 5.32 Å². The molecule has 0 radical (unpaired) electrons. The highest BCUT2D eigenvalue weighted by Crippen LogP contribution is 2.20. The van der Waals surface area contributed by atoms with Crippen LogP contribution < -0.4 is 5.32 Å². The van der Waals surface area contributed by atoms with Crippen LogP contribution in [0.1, 0.15) is 38.4 Å². The zero-order valence-corrected chi connectivity index (χ0v) is 12.9. The minimum absolute atomic E-state index is 0.188. The van der Waals surface area contributed by atoms with Crippen LogP contribution in [0.2, 0.25) is 0 Å². The summed E-state index contributed by atoms with van der Waals surface area (Å²) in [7, 11) is 0. The maximum absolute atomic E-state index is 4.34. The first-order valence-corrected chi connectivity index (χ1v) is 7.27. The van der Waals surface area contributed by atoms with Gasteiger partial charge in [-0.05, 0) is 48.9 Å². The highest BCUT2D eigenvalue weighted by molar-refractivity contribution is 5.43. The summed E-state index contributed by atoms with van der Waals surface area (Å²) in [5.41, 5.74) is 3.15. The monoisotopic (exact) mass is 297 g/mol. The number of nitrogens with zero attached hydrogens (tertiary/aromatic N) is 6. The molecule has 0 saturated heterocycles. The number of benzene rings is 1. The Morgan fingerprint density at radius 3 is 2.45 bits per heavy atom. The summed E-state index contributed by atoms with van der Waals surface area (Å²) in [5, 5.41) is 19.0. The second kappa shape index (κ2) is 5.97. The molecule has 0 spiro atoms. The Morgan fingerprint density at radius 1 is 1.09 bits per heavy atom. The van der Waals surface area contributed by atoms with Crippen LogP contribution in [0.15, 0.2) is 43.0 Å². The van der Waals surface area contributed by atoms with E-state index in [2.05, 4.69) is 58.8 Å². The van der Waals surface area contributed by atoms with Crippen LogP contribution in [0.5, 0.6) is 0 Å². The molecule has 2 heterocycles. The number of aromatic nitrogens is 6. The van der Waals surface area contributed by atoms with Crippen LogP contribution >= 0.6 is 0 Å². The van der Waals surface area contributed by atoms with Crippen LogP contribution in [0.25, 0.3) is 5.69 Å².